The van der Waals surface area contributed by atoms with Crippen molar-refractivity contribution in [1.29, 1.82) is 0 Å². The van der Waals surface area contributed by atoms with Crippen LogP contribution in [0.2, 0.25) is 0 Å². The molecule has 1 saturated carbocycles. The molecular weight excluding hydrogens is 348 g/mol. The molecule has 1 N–H and O–H groups in total. The molecule has 0 amide bonds. The number of ether oxygens (including phenoxy) is 1. The van der Waals surface area contributed by atoms with Gasteiger partial charge in [-0.15, -0.1) is 0 Å². The predicted molar refractivity (Wildman–Crippen MR) is 103 cm³/mol. The zero-order valence-electron chi connectivity index (χ0n) is 15.1. The van der Waals surface area contributed by atoms with Crippen LogP contribution in [0.15, 0.2) is 41.3 Å². The highest BCUT2D eigenvalue weighted by atomic mass is 32.2. The van der Waals surface area contributed by atoms with E-state index in [-0.39, 0.29) is 6.04 Å². The van der Waals surface area contributed by atoms with Crippen LogP contribution >= 0.6 is 0 Å². The summed E-state index contributed by atoms with van der Waals surface area (Å²) in [5.74, 6) is 0.722. The first kappa shape index (κ1) is 17.8. The van der Waals surface area contributed by atoms with Gasteiger partial charge in [0.25, 0.3) is 0 Å². The molecule has 6 heteroatoms. The summed E-state index contributed by atoms with van der Waals surface area (Å²) in [5.41, 5.74) is 0. The highest BCUT2D eigenvalue weighted by Crippen LogP contribution is 2.32. The molecule has 0 aromatic heterocycles. The maximum absolute atomic E-state index is 13.0. The molecule has 0 unspecified atom stereocenters. The number of fused-ring (bicyclic) bond motifs is 1. The fourth-order valence-electron chi connectivity index (χ4n) is 3.86. The fraction of sp³-hybridized carbons (Fsp3) is 0.500. The van der Waals surface area contributed by atoms with Crippen LogP contribution in [-0.4, -0.2) is 45.1 Å². The molecule has 1 heterocycles. The van der Waals surface area contributed by atoms with Gasteiger partial charge in [0.1, 0.15) is 5.75 Å². The molecule has 140 valence electrons. The van der Waals surface area contributed by atoms with Gasteiger partial charge < -0.3 is 9.64 Å². The van der Waals surface area contributed by atoms with Crippen LogP contribution in [0.1, 0.15) is 32.6 Å². The summed E-state index contributed by atoms with van der Waals surface area (Å²) in [6.45, 7) is 4.45. The lowest BCUT2D eigenvalue weighted by molar-refractivity contribution is 0.199. The second-order valence-electron chi connectivity index (χ2n) is 7.20. The van der Waals surface area contributed by atoms with Crippen molar-refractivity contribution in [3.63, 3.8) is 0 Å². The van der Waals surface area contributed by atoms with E-state index in [2.05, 4.69) is 9.62 Å². The Morgan fingerprint density at radius 2 is 1.73 bits per heavy atom. The summed E-state index contributed by atoms with van der Waals surface area (Å²) in [6, 6.07) is 11.7. The number of sulfonamides is 1. The third kappa shape index (κ3) is 3.59. The van der Waals surface area contributed by atoms with E-state index >= 15 is 0 Å². The van der Waals surface area contributed by atoms with Gasteiger partial charge in [0.05, 0.1) is 11.5 Å². The van der Waals surface area contributed by atoms with Crippen molar-refractivity contribution in [2.75, 3.05) is 19.7 Å². The molecule has 2 fully saturated rings. The Bertz CT molecular complexity index is 885. The smallest absolute Gasteiger partial charge is 0.241 e. The SMILES string of the molecule is CCOc1ccc(S(=O)(=O)NC2CCN(C3CC3)CC2)c2ccccc12. The monoisotopic (exact) mass is 374 g/mol. The van der Waals surface area contributed by atoms with Gasteiger partial charge in [-0.2, -0.15) is 0 Å². The predicted octanol–water partition coefficient (Wildman–Crippen LogP) is 3.14. The molecule has 1 aliphatic heterocycles. The number of likely N-dealkylation sites (tertiary alicyclic amines) is 1. The fourth-order valence-corrected chi connectivity index (χ4v) is 5.38. The second-order valence-corrected chi connectivity index (χ2v) is 8.89. The highest BCUT2D eigenvalue weighted by Gasteiger charge is 2.33. The van der Waals surface area contributed by atoms with Crippen molar-refractivity contribution in [3.8, 4) is 5.75 Å². The normalized spacial score (nSPS) is 19.7. The van der Waals surface area contributed by atoms with Crippen LogP contribution in [0.3, 0.4) is 0 Å². The zero-order valence-corrected chi connectivity index (χ0v) is 16.0. The van der Waals surface area contributed by atoms with Gasteiger partial charge in [0, 0.05) is 22.9 Å². The number of nitrogens with zero attached hydrogens (tertiary/aromatic N) is 1. The van der Waals surface area contributed by atoms with Gasteiger partial charge in [0.15, 0.2) is 0 Å². The molecule has 5 nitrogen and oxygen atoms in total. The summed E-state index contributed by atoms with van der Waals surface area (Å²) in [6.07, 6.45) is 4.36. The van der Waals surface area contributed by atoms with E-state index < -0.39 is 10.0 Å². The maximum Gasteiger partial charge on any atom is 0.241 e. The molecule has 0 bridgehead atoms. The second kappa shape index (κ2) is 7.18. The lowest BCUT2D eigenvalue weighted by atomic mass is 10.1. The van der Waals surface area contributed by atoms with E-state index in [1.165, 1.54) is 12.8 Å². The van der Waals surface area contributed by atoms with Crippen molar-refractivity contribution >= 4 is 20.8 Å². The standard InChI is InChI=1S/C20H26N2O3S/c1-2-25-19-9-10-20(18-6-4-3-5-17(18)19)26(23,24)21-15-11-13-22(14-12-15)16-7-8-16/h3-6,9-10,15-16,21H,2,7-8,11-14H2,1H3. The first-order chi connectivity index (χ1) is 12.6. The van der Waals surface area contributed by atoms with E-state index in [1.807, 2.05) is 31.2 Å². The van der Waals surface area contributed by atoms with E-state index in [4.69, 9.17) is 4.74 Å². The molecule has 2 aliphatic rings. The topological polar surface area (TPSA) is 58.6 Å². The van der Waals surface area contributed by atoms with Crippen LogP contribution < -0.4 is 9.46 Å². The Kier molecular flexibility index (Phi) is 4.90. The number of rotatable bonds is 6. The molecule has 0 atom stereocenters. The molecular formula is C20H26N2O3S. The van der Waals surface area contributed by atoms with E-state index in [0.717, 1.165) is 43.1 Å². The summed E-state index contributed by atoms with van der Waals surface area (Å²) in [5, 5.41) is 1.54. The first-order valence-electron chi connectivity index (χ1n) is 9.49. The van der Waals surface area contributed by atoms with Gasteiger partial charge >= 0.3 is 0 Å². The number of piperidine rings is 1. The van der Waals surface area contributed by atoms with Crippen molar-refractivity contribution in [2.24, 2.45) is 0 Å². The van der Waals surface area contributed by atoms with Gasteiger partial charge in [0.2, 0.25) is 10.0 Å². The Morgan fingerprint density at radius 3 is 2.38 bits per heavy atom. The van der Waals surface area contributed by atoms with Crippen LogP contribution in [0.5, 0.6) is 5.75 Å². The van der Waals surface area contributed by atoms with Crippen LogP contribution in [0, 0.1) is 0 Å². The Hall–Kier alpha value is -1.63. The average Bonchev–Trinajstić information content (AvgIpc) is 3.47. The zero-order chi connectivity index (χ0) is 18.1. The quantitative estimate of drug-likeness (QED) is 0.844. The highest BCUT2D eigenvalue weighted by molar-refractivity contribution is 7.89. The van der Waals surface area contributed by atoms with E-state index in [9.17, 15) is 8.42 Å². The number of benzene rings is 2. The van der Waals surface area contributed by atoms with Gasteiger partial charge in [-0.05, 0) is 57.8 Å². The van der Waals surface area contributed by atoms with Crippen LogP contribution in [0.25, 0.3) is 10.8 Å². The van der Waals surface area contributed by atoms with Gasteiger partial charge in [-0.1, -0.05) is 24.3 Å². The Morgan fingerprint density at radius 1 is 1.04 bits per heavy atom. The Labute approximate surface area is 155 Å². The summed E-state index contributed by atoms with van der Waals surface area (Å²) >= 11 is 0. The van der Waals surface area contributed by atoms with Crippen molar-refractivity contribution in [1.82, 2.24) is 9.62 Å². The first-order valence-corrected chi connectivity index (χ1v) is 11.0. The van der Waals surface area contributed by atoms with Crippen LogP contribution in [0.4, 0.5) is 0 Å². The minimum Gasteiger partial charge on any atom is -0.493 e. The molecule has 26 heavy (non-hydrogen) atoms. The maximum atomic E-state index is 13.0. The third-order valence-corrected chi connectivity index (χ3v) is 6.93. The largest absolute Gasteiger partial charge is 0.493 e. The molecule has 1 aliphatic carbocycles. The molecule has 4 rings (SSSR count). The van der Waals surface area contributed by atoms with Crippen LogP contribution in [-0.2, 0) is 10.0 Å². The lowest BCUT2D eigenvalue weighted by Gasteiger charge is -2.32. The molecule has 0 spiro atoms. The number of hydrogen-bond acceptors (Lipinski definition) is 4. The van der Waals surface area contributed by atoms with Gasteiger partial charge in [-0.25, -0.2) is 13.1 Å². The number of hydrogen-bond donors (Lipinski definition) is 1. The van der Waals surface area contributed by atoms with Gasteiger partial charge in [-0.3, -0.25) is 0 Å². The van der Waals surface area contributed by atoms with Crippen molar-refractivity contribution < 1.29 is 13.2 Å². The number of nitrogens with one attached hydrogen (secondary N) is 1. The van der Waals surface area contributed by atoms with E-state index in [1.54, 1.807) is 12.1 Å². The van der Waals surface area contributed by atoms with E-state index in [0.29, 0.717) is 16.9 Å². The molecule has 2 aromatic rings. The summed E-state index contributed by atoms with van der Waals surface area (Å²) < 4.78 is 34.7. The minimum absolute atomic E-state index is 0.0142. The molecule has 1 saturated heterocycles. The summed E-state index contributed by atoms with van der Waals surface area (Å²) in [4.78, 5) is 2.83. The lowest BCUT2D eigenvalue weighted by Crippen LogP contribution is -2.45. The minimum atomic E-state index is -3.56. The third-order valence-electron chi connectivity index (χ3n) is 5.35. The molecule has 2 aromatic carbocycles. The van der Waals surface area contributed by atoms with Crippen molar-refractivity contribution in [2.45, 2.75) is 49.6 Å². The summed E-state index contributed by atoms with van der Waals surface area (Å²) in [7, 11) is -3.56. The molecule has 0 radical (unpaired) electrons. The average molecular weight is 375 g/mol. The van der Waals surface area contributed by atoms with Crippen molar-refractivity contribution in [3.05, 3.63) is 36.4 Å². The Balaban J connectivity index is 1.57.